The van der Waals surface area contributed by atoms with Crippen LogP contribution in [0.3, 0.4) is 0 Å². The van der Waals surface area contributed by atoms with E-state index >= 15 is 0 Å². The molecule has 0 aromatic heterocycles. The van der Waals surface area contributed by atoms with Gasteiger partial charge in [0.15, 0.2) is 0 Å². The van der Waals surface area contributed by atoms with Crippen molar-refractivity contribution in [3.63, 3.8) is 0 Å². The highest BCUT2D eigenvalue weighted by Crippen LogP contribution is 2.24. The predicted octanol–water partition coefficient (Wildman–Crippen LogP) is 3.32. The summed E-state index contributed by atoms with van der Waals surface area (Å²) in [4.78, 5) is 25.6. The zero-order valence-electron chi connectivity index (χ0n) is 15.7. The Balaban J connectivity index is 1.58. The van der Waals surface area contributed by atoms with Crippen LogP contribution in [-0.4, -0.2) is 31.1 Å². The molecule has 3 rings (SSSR count). The average molecular weight is 364 g/mol. The number of carbonyl (C=O) groups excluding carboxylic acids is 2. The van der Waals surface area contributed by atoms with E-state index in [4.69, 9.17) is 0 Å². The molecule has 0 spiro atoms. The summed E-state index contributed by atoms with van der Waals surface area (Å²) >= 11 is 0. The van der Waals surface area contributed by atoms with Gasteiger partial charge in [0.1, 0.15) is 0 Å². The molecule has 27 heavy (non-hydrogen) atoms. The maximum atomic E-state index is 12.1. The van der Waals surface area contributed by atoms with E-state index in [1.165, 1.54) is 31.0 Å². The molecule has 1 saturated heterocycles. The number of amides is 2. The van der Waals surface area contributed by atoms with Gasteiger partial charge in [-0.1, -0.05) is 6.07 Å². The Morgan fingerprint density at radius 2 is 1.78 bits per heavy atom. The fourth-order valence-corrected chi connectivity index (χ4v) is 3.21. The van der Waals surface area contributed by atoms with Gasteiger partial charge in [-0.15, -0.1) is 0 Å². The number of benzene rings is 2. The van der Waals surface area contributed by atoms with Crippen LogP contribution in [0.2, 0.25) is 0 Å². The lowest BCUT2D eigenvalue weighted by molar-refractivity contribution is -0.114. The van der Waals surface area contributed by atoms with Crippen molar-refractivity contribution in [2.75, 3.05) is 23.3 Å². The average Bonchev–Trinajstić information content (AvgIpc) is 3.16. The first kappa shape index (κ1) is 18.6. The summed E-state index contributed by atoms with van der Waals surface area (Å²) in [5, 5.41) is 6.71. The molecular formula is C21H24N4O2. The number of hydrogen-bond acceptors (Lipinski definition) is 4. The van der Waals surface area contributed by atoms with E-state index in [2.05, 4.69) is 39.8 Å². The molecule has 6 heteroatoms. The van der Waals surface area contributed by atoms with Gasteiger partial charge in [-0.3, -0.25) is 9.59 Å². The van der Waals surface area contributed by atoms with Crippen LogP contribution < -0.4 is 15.6 Å². The zero-order chi connectivity index (χ0) is 19.2. The maximum absolute atomic E-state index is 12.1. The molecule has 6 nitrogen and oxygen atoms in total. The van der Waals surface area contributed by atoms with Gasteiger partial charge in [0.05, 0.1) is 6.21 Å². The third kappa shape index (κ3) is 4.94. The highest BCUT2D eigenvalue weighted by Gasteiger charge is 2.14. The van der Waals surface area contributed by atoms with Crippen LogP contribution >= 0.6 is 0 Å². The summed E-state index contributed by atoms with van der Waals surface area (Å²) in [5.74, 6) is -0.450. The van der Waals surface area contributed by atoms with Crippen molar-refractivity contribution in [1.82, 2.24) is 5.43 Å². The largest absolute Gasteiger partial charge is 0.371 e. The first-order valence-corrected chi connectivity index (χ1v) is 9.09. The Hall–Kier alpha value is -3.15. The van der Waals surface area contributed by atoms with Crippen LogP contribution in [0.1, 0.15) is 41.3 Å². The van der Waals surface area contributed by atoms with E-state index in [1.54, 1.807) is 30.5 Å². The number of rotatable bonds is 5. The van der Waals surface area contributed by atoms with Gasteiger partial charge < -0.3 is 10.2 Å². The Morgan fingerprint density at radius 3 is 2.41 bits per heavy atom. The second-order valence-electron chi connectivity index (χ2n) is 6.70. The van der Waals surface area contributed by atoms with Crippen molar-refractivity contribution < 1.29 is 9.59 Å². The summed E-state index contributed by atoms with van der Waals surface area (Å²) in [6.07, 6.45) is 4.14. The van der Waals surface area contributed by atoms with Crippen molar-refractivity contribution in [3.05, 3.63) is 59.2 Å². The molecule has 1 heterocycles. The van der Waals surface area contributed by atoms with E-state index in [0.717, 1.165) is 18.7 Å². The second kappa shape index (κ2) is 8.49. The minimum absolute atomic E-state index is 0.150. The van der Waals surface area contributed by atoms with Gasteiger partial charge in [0, 0.05) is 37.0 Å². The Labute approximate surface area is 159 Å². The number of nitrogens with one attached hydrogen (secondary N) is 2. The summed E-state index contributed by atoms with van der Waals surface area (Å²) < 4.78 is 0. The van der Waals surface area contributed by atoms with Gasteiger partial charge in [-0.25, -0.2) is 5.43 Å². The number of hydrazone groups is 1. The van der Waals surface area contributed by atoms with E-state index in [9.17, 15) is 9.59 Å². The van der Waals surface area contributed by atoms with E-state index in [-0.39, 0.29) is 11.8 Å². The van der Waals surface area contributed by atoms with Crippen LogP contribution in [0, 0.1) is 6.92 Å². The molecular weight excluding hydrogens is 340 g/mol. The smallest absolute Gasteiger partial charge is 0.271 e. The van der Waals surface area contributed by atoms with E-state index in [1.807, 2.05) is 6.07 Å². The first-order chi connectivity index (χ1) is 13.0. The van der Waals surface area contributed by atoms with Gasteiger partial charge in [0.2, 0.25) is 5.91 Å². The van der Waals surface area contributed by atoms with E-state index < -0.39 is 0 Å². The molecule has 2 N–H and O–H groups in total. The summed E-state index contributed by atoms with van der Waals surface area (Å²) in [7, 11) is 0. The lowest BCUT2D eigenvalue weighted by Gasteiger charge is -2.20. The molecule has 0 atom stereocenters. The quantitative estimate of drug-likeness (QED) is 0.631. The summed E-state index contributed by atoms with van der Waals surface area (Å²) in [6.45, 7) is 5.77. The van der Waals surface area contributed by atoms with Crippen LogP contribution in [0.15, 0.2) is 47.6 Å². The molecule has 0 aliphatic carbocycles. The molecule has 2 amide bonds. The van der Waals surface area contributed by atoms with E-state index in [0.29, 0.717) is 11.3 Å². The van der Waals surface area contributed by atoms with Crippen molar-refractivity contribution in [2.24, 2.45) is 5.10 Å². The van der Waals surface area contributed by atoms with Crippen molar-refractivity contribution in [3.8, 4) is 0 Å². The molecule has 1 fully saturated rings. The Kier molecular flexibility index (Phi) is 5.86. The molecule has 0 saturated carbocycles. The standard InChI is InChI=1S/C21H24N4O2/c1-15-13-17(5-10-20(15)25-11-3-4-12-25)14-22-24-21(27)18-6-8-19(9-7-18)23-16(2)26/h5-10,13-14H,3-4,11-12H2,1-2H3,(H,23,26)(H,24,27). The molecule has 0 radical (unpaired) electrons. The van der Waals surface area contributed by atoms with Gasteiger partial charge in [0.25, 0.3) is 5.91 Å². The molecule has 2 aromatic carbocycles. The number of nitrogens with zero attached hydrogens (tertiary/aromatic N) is 2. The monoisotopic (exact) mass is 364 g/mol. The Bertz CT molecular complexity index is 853. The maximum Gasteiger partial charge on any atom is 0.271 e. The van der Waals surface area contributed by atoms with Crippen molar-refractivity contribution in [1.29, 1.82) is 0 Å². The van der Waals surface area contributed by atoms with Gasteiger partial charge >= 0.3 is 0 Å². The normalized spacial score (nSPS) is 13.8. The van der Waals surface area contributed by atoms with Crippen LogP contribution in [0.25, 0.3) is 0 Å². The third-order valence-corrected chi connectivity index (χ3v) is 4.51. The summed E-state index contributed by atoms with van der Waals surface area (Å²) in [5.41, 5.74) is 7.07. The third-order valence-electron chi connectivity index (χ3n) is 4.51. The van der Waals surface area contributed by atoms with Gasteiger partial charge in [-0.2, -0.15) is 5.10 Å². The number of carbonyl (C=O) groups is 2. The van der Waals surface area contributed by atoms with Crippen LogP contribution in [0.4, 0.5) is 11.4 Å². The minimum atomic E-state index is -0.300. The minimum Gasteiger partial charge on any atom is -0.371 e. The van der Waals surface area contributed by atoms with Gasteiger partial charge in [-0.05, 0) is 67.3 Å². The topological polar surface area (TPSA) is 73.8 Å². The SMILES string of the molecule is CC(=O)Nc1ccc(C(=O)NN=Cc2ccc(N3CCCC3)c(C)c2)cc1. The lowest BCUT2D eigenvalue weighted by atomic mass is 10.1. The molecule has 2 aromatic rings. The number of hydrogen-bond donors (Lipinski definition) is 2. The molecule has 0 bridgehead atoms. The Morgan fingerprint density at radius 1 is 1.07 bits per heavy atom. The molecule has 140 valence electrons. The molecule has 0 unspecified atom stereocenters. The van der Waals surface area contributed by atoms with Crippen molar-refractivity contribution in [2.45, 2.75) is 26.7 Å². The van der Waals surface area contributed by atoms with Crippen LogP contribution in [0.5, 0.6) is 0 Å². The number of aryl methyl sites for hydroxylation is 1. The fraction of sp³-hybridized carbons (Fsp3) is 0.286. The predicted molar refractivity (Wildman–Crippen MR) is 108 cm³/mol. The first-order valence-electron chi connectivity index (χ1n) is 9.09. The second-order valence-corrected chi connectivity index (χ2v) is 6.70. The zero-order valence-corrected chi connectivity index (χ0v) is 15.7. The fourth-order valence-electron chi connectivity index (χ4n) is 3.21. The number of anilines is 2. The summed E-state index contributed by atoms with van der Waals surface area (Å²) in [6, 6.07) is 12.9. The van der Waals surface area contributed by atoms with Crippen molar-refractivity contribution >= 4 is 29.4 Å². The molecule has 1 aliphatic rings. The highest BCUT2D eigenvalue weighted by molar-refractivity contribution is 5.96. The lowest BCUT2D eigenvalue weighted by Crippen LogP contribution is -2.19. The van der Waals surface area contributed by atoms with Crippen LogP contribution in [-0.2, 0) is 4.79 Å². The highest BCUT2D eigenvalue weighted by atomic mass is 16.2. The molecule has 1 aliphatic heterocycles.